The molecule has 1 aromatic heterocycles. The van der Waals surface area contributed by atoms with Crippen molar-refractivity contribution in [2.24, 2.45) is 0 Å². The first-order valence-corrected chi connectivity index (χ1v) is 10.7. The number of nitrogens with one attached hydrogen (secondary N) is 2. The first-order chi connectivity index (χ1) is 15.2. The van der Waals surface area contributed by atoms with Crippen LogP contribution in [0.15, 0.2) is 60.9 Å². The van der Waals surface area contributed by atoms with Gasteiger partial charge in [-0.3, -0.25) is 4.79 Å². The van der Waals surface area contributed by atoms with Gasteiger partial charge in [0.2, 0.25) is 0 Å². The van der Waals surface area contributed by atoms with Crippen molar-refractivity contribution in [1.29, 1.82) is 0 Å². The van der Waals surface area contributed by atoms with Crippen LogP contribution in [0.25, 0.3) is 5.69 Å². The van der Waals surface area contributed by atoms with Crippen LogP contribution in [0.2, 0.25) is 0 Å². The summed E-state index contributed by atoms with van der Waals surface area (Å²) < 4.78 is 20.1. The summed E-state index contributed by atoms with van der Waals surface area (Å²) in [6, 6.07) is 14.9. The van der Waals surface area contributed by atoms with Gasteiger partial charge in [-0.25, -0.2) is 9.07 Å². The average molecular weight is 493 g/mol. The van der Waals surface area contributed by atoms with Gasteiger partial charge in [-0.15, -0.1) is 24.8 Å². The van der Waals surface area contributed by atoms with Crippen LogP contribution in [0, 0.1) is 5.82 Å². The summed E-state index contributed by atoms with van der Waals surface area (Å²) in [6.07, 6.45) is 6.53. The van der Waals surface area contributed by atoms with Crippen molar-refractivity contribution in [2.45, 2.75) is 37.3 Å². The minimum atomic E-state index is -0.301. The minimum Gasteiger partial charge on any atom is -0.381 e. The lowest BCUT2D eigenvalue weighted by molar-refractivity contribution is 0.0774. The highest BCUT2D eigenvalue weighted by molar-refractivity contribution is 6.04. The summed E-state index contributed by atoms with van der Waals surface area (Å²) in [7, 11) is 0. The second-order valence-electron chi connectivity index (χ2n) is 8.23. The maximum absolute atomic E-state index is 13.1. The van der Waals surface area contributed by atoms with Crippen LogP contribution in [0.1, 0.15) is 41.1 Å². The molecule has 1 aliphatic heterocycles. The smallest absolute Gasteiger partial charge is 0.255 e. The number of nitrogens with zero attached hydrogens (tertiary/aromatic N) is 2. The maximum atomic E-state index is 13.1. The Hall–Kier alpha value is -2.45. The van der Waals surface area contributed by atoms with Gasteiger partial charge in [0.05, 0.1) is 23.8 Å². The third-order valence-electron chi connectivity index (χ3n) is 5.97. The average Bonchev–Trinajstić information content (AvgIpc) is 3.41. The Kier molecular flexibility index (Phi) is 8.48. The molecule has 6 nitrogen and oxygen atoms in total. The van der Waals surface area contributed by atoms with E-state index in [0.717, 1.165) is 38.2 Å². The van der Waals surface area contributed by atoms with E-state index in [4.69, 9.17) is 4.74 Å². The molecule has 0 bridgehead atoms. The van der Waals surface area contributed by atoms with Gasteiger partial charge in [-0.1, -0.05) is 12.1 Å². The van der Waals surface area contributed by atoms with Gasteiger partial charge in [0.15, 0.2) is 0 Å². The third-order valence-corrected chi connectivity index (χ3v) is 5.97. The summed E-state index contributed by atoms with van der Waals surface area (Å²) in [5, 5.41) is 10.9. The molecule has 1 aliphatic carbocycles. The Labute approximate surface area is 204 Å². The number of anilines is 1. The molecule has 5 rings (SSSR count). The number of halogens is 3. The highest BCUT2D eigenvalue weighted by Crippen LogP contribution is 2.41. The van der Waals surface area contributed by atoms with E-state index in [9.17, 15) is 9.18 Å². The monoisotopic (exact) mass is 492 g/mol. The molecule has 2 aliphatic rings. The number of benzene rings is 2. The van der Waals surface area contributed by atoms with Gasteiger partial charge in [0.25, 0.3) is 5.91 Å². The van der Waals surface area contributed by atoms with Crippen LogP contribution < -0.4 is 10.6 Å². The second-order valence-corrected chi connectivity index (χ2v) is 8.23. The van der Waals surface area contributed by atoms with Crippen molar-refractivity contribution in [3.63, 3.8) is 0 Å². The zero-order valence-electron chi connectivity index (χ0n) is 17.9. The minimum absolute atomic E-state index is 0. The Bertz CT molecular complexity index is 1070. The number of ether oxygens (including phenoxy) is 1. The van der Waals surface area contributed by atoms with Gasteiger partial charge < -0.3 is 15.4 Å². The topological polar surface area (TPSA) is 68.2 Å². The molecule has 9 heteroatoms. The molecule has 2 heterocycles. The predicted molar refractivity (Wildman–Crippen MR) is 131 cm³/mol. The van der Waals surface area contributed by atoms with E-state index in [-0.39, 0.29) is 36.5 Å². The summed E-state index contributed by atoms with van der Waals surface area (Å²) in [5.41, 5.74) is 3.13. The molecule has 0 radical (unpaired) electrons. The Balaban J connectivity index is 0.00000153. The van der Waals surface area contributed by atoms with Crippen LogP contribution in [0.5, 0.6) is 0 Å². The SMILES string of the molecule is Cl.Cl.O=C(Nc1cnn(-c2ccc(F)cc2)c1)c1cccc(C2CC2NC2CCOCC2)c1. The van der Waals surface area contributed by atoms with Gasteiger partial charge in [-0.2, -0.15) is 5.10 Å². The van der Waals surface area contributed by atoms with Crippen molar-refractivity contribution in [3.8, 4) is 5.69 Å². The third kappa shape index (κ3) is 6.12. The number of rotatable bonds is 6. The lowest BCUT2D eigenvalue weighted by Crippen LogP contribution is -2.36. The van der Waals surface area contributed by atoms with Crippen LogP contribution >= 0.6 is 24.8 Å². The maximum Gasteiger partial charge on any atom is 0.255 e. The zero-order valence-corrected chi connectivity index (χ0v) is 19.6. The fourth-order valence-electron chi connectivity index (χ4n) is 4.15. The van der Waals surface area contributed by atoms with E-state index < -0.39 is 0 Å². The highest BCUT2D eigenvalue weighted by atomic mass is 35.5. The molecule has 33 heavy (non-hydrogen) atoms. The first kappa shape index (κ1) is 25.2. The van der Waals surface area contributed by atoms with Crippen molar-refractivity contribution in [3.05, 3.63) is 77.9 Å². The van der Waals surface area contributed by atoms with E-state index in [1.807, 2.05) is 18.2 Å². The van der Waals surface area contributed by atoms with Crippen molar-refractivity contribution >= 4 is 36.4 Å². The molecule has 3 aromatic rings. The fourth-order valence-corrected chi connectivity index (χ4v) is 4.15. The molecule has 2 atom stereocenters. The Morgan fingerprint density at radius 3 is 2.61 bits per heavy atom. The quantitative estimate of drug-likeness (QED) is 0.521. The highest BCUT2D eigenvalue weighted by Gasteiger charge is 2.39. The lowest BCUT2D eigenvalue weighted by atomic mass is 10.1. The normalized spacial score (nSPS) is 19.8. The molecular weight excluding hydrogens is 466 g/mol. The summed E-state index contributed by atoms with van der Waals surface area (Å²) in [4.78, 5) is 12.8. The number of hydrogen-bond acceptors (Lipinski definition) is 4. The van der Waals surface area contributed by atoms with Crippen LogP contribution in [-0.4, -0.2) is 41.0 Å². The lowest BCUT2D eigenvalue weighted by Gasteiger charge is -2.23. The molecule has 1 amide bonds. The second kappa shape index (κ2) is 11.1. The number of carbonyl (C=O) groups is 1. The fraction of sp³-hybridized carbons (Fsp3) is 0.333. The summed E-state index contributed by atoms with van der Waals surface area (Å²) in [5.74, 6) is -0.0166. The molecule has 2 aromatic carbocycles. The van der Waals surface area contributed by atoms with E-state index in [1.165, 1.54) is 17.7 Å². The van der Waals surface area contributed by atoms with Gasteiger partial charge in [0, 0.05) is 36.8 Å². The predicted octanol–water partition coefficient (Wildman–Crippen LogP) is 4.73. The van der Waals surface area contributed by atoms with Crippen LogP contribution in [0.3, 0.4) is 0 Å². The van der Waals surface area contributed by atoms with Gasteiger partial charge in [-0.05, 0) is 61.2 Å². The van der Waals surface area contributed by atoms with E-state index in [2.05, 4.69) is 21.8 Å². The van der Waals surface area contributed by atoms with Gasteiger partial charge in [0.1, 0.15) is 5.82 Å². The molecule has 1 saturated carbocycles. The molecule has 1 saturated heterocycles. The molecular formula is C24H27Cl2FN4O2. The van der Waals surface area contributed by atoms with Crippen molar-refractivity contribution < 1.29 is 13.9 Å². The van der Waals surface area contributed by atoms with E-state index in [1.54, 1.807) is 29.2 Å². The first-order valence-electron chi connectivity index (χ1n) is 10.7. The van der Waals surface area contributed by atoms with E-state index in [0.29, 0.717) is 29.3 Å². The number of hydrogen-bond donors (Lipinski definition) is 2. The zero-order chi connectivity index (χ0) is 21.2. The standard InChI is InChI=1S/C24H25FN4O2.2ClH/c25-18-4-6-21(7-5-18)29-15-20(14-26-29)28-24(30)17-3-1-2-16(12-17)22-13-23(22)27-19-8-10-31-11-9-19;;/h1-7,12,14-15,19,22-23,27H,8-11,13H2,(H,28,30);2*1H. The molecule has 176 valence electrons. The number of carbonyl (C=O) groups excluding carboxylic acids is 1. The van der Waals surface area contributed by atoms with Crippen molar-refractivity contribution in [1.82, 2.24) is 15.1 Å². The largest absolute Gasteiger partial charge is 0.381 e. The van der Waals surface area contributed by atoms with Crippen LogP contribution in [0.4, 0.5) is 10.1 Å². The molecule has 2 N–H and O–H groups in total. The van der Waals surface area contributed by atoms with E-state index >= 15 is 0 Å². The Morgan fingerprint density at radius 1 is 1.09 bits per heavy atom. The van der Waals surface area contributed by atoms with Gasteiger partial charge >= 0.3 is 0 Å². The summed E-state index contributed by atoms with van der Waals surface area (Å²) in [6.45, 7) is 1.67. The molecule has 0 spiro atoms. The Morgan fingerprint density at radius 2 is 1.85 bits per heavy atom. The number of amides is 1. The molecule has 2 unspecified atom stereocenters. The molecule has 2 fully saturated rings. The van der Waals surface area contributed by atoms with Crippen molar-refractivity contribution in [2.75, 3.05) is 18.5 Å². The summed E-state index contributed by atoms with van der Waals surface area (Å²) >= 11 is 0. The van der Waals surface area contributed by atoms with Crippen LogP contribution in [-0.2, 0) is 4.74 Å². The number of aromatic nitrogens is 2.